The van der Waals surface area contributed by atoms with Gasteiger partial charge in [-0.15, -0.1) is 0 Å². The lowest BCUT2D eigenvalue weighted by molar-refractivity contribution is -0.124. The molecule has 1 aliphatic rings. The molecule has 1 aliphatic heterocycles. The lowest BCUT2D eigenvalue weighted by Gasteiger charge is -2.21. The maximum atomic E-state index is 13.3. The van der Waals surface area contributed by atoms with Gasteiger partial charge in [0, 0.05) is 29.6 Å². The van der Waals surface area contributed by atoms with E-state index in [0.29, 0.717) is 28.8 Å². The van der Waals surface area contributed by atoms with E-state index in [-0.39, 0.29) is 18.9 Å². The summed E-state index contributed by atoms with van der Waals surface area (Å²) in [5.41, 5.74) is 1.71. The van der Waals surface area contributed by atoms with Crippen LogP contribution in [0.3, 0.4) is 0 Å². The number of urea groups is 1. The lowest BCUT2D eigenvalue weighted by atomic mass is 10.1. The number of rotatable bonds is 8. The van der Waals surface area contributed by atoms with Gasteiger partial charge in [0.2, 0.25) is 5.91 Å². The number of benzene rings is 2. The van der Waals surface area contributed by atoms with Crippen LogP contribution < -0.4 is 15.0 Å². The average molecular weight is 479 g/mol. The van der Waals surface area contributed by atoms with Crippen molar-refractivity contribution in [2.75, 3.05) is 16.8 Å². The number of ether oxygens (including phenoxy) is 1. The Labute approximate surface area is 202 Å². The summed E-state index contributed by atoms with van der Waals surface area (Å²) in [5, 5.41) is 3.27. The van der Waals surface area contributed by atoms with E-state index in [0.717, 1.165) is 10.5 Å². The molecule has 0 aliphatic carbocycles. The molecular weight excluding hydrogens is 456 g/mol. The highest BCUT2D eigenvalue weighted by molar-refractivity contribution is 6.30. The number of halogens is 1. The van der Waals surface area contributed by atoms with Crippen molar-refractivity contribution in [1.29, 1.82) is 0 Å². The van der Waals surface area contributed by atoms with Crippen molar-refractivity contribution in [2.24, 2.45) is 0 Å². The molecule has 0 radical (unpaired) electrons. The van der Waals surface area contributed by atoms with Gasteiger partial charge in [-0.2, -0.15) is 0 Å². The van der Waals surface area contributed by atoms with Crippen LogP contribution in [0.4, 0.5) is 16.2 Å². The van der Waals surface area contributed by atoms with E-state index in [9.17, 15) is 14.4 Å². The van der Waals surface area contributed by atoms with E-state index in [4.69, 9.17) is 16.3 Å². The van der Waals surface area contributed by atoms with Crippen molar-refractivity contribution in [2.45, 2.75) is 25.9 Å². The molecule has 174 valence electrons. The highest BCUT2D eigenvalue weighted by Crippen LogP contribution is 2.29. The van der Waals surface area contributed by atoms with Crippen LogP contribution in [0.2, 0.25) is 5.02 Å². The molecule has 1 fully saturated rings. The fourth-order valence-corrected chi connectivity index (χ4v) is 3.84. The van der Waals surface area contributed by atoms with Crippen LogP contribution in [0.5, 0.6) is 5.75 Å². The maximum absolute atomic E-state index is 13.3. The van der Waals surface area contributed by atoms with Crippen LogP contribution in [0.25, 0.3) is 0 Å². The zero-order valence-corrected chi connectivity index (χ0v) is 19.2. The summed E-state index contributed by atoms with van der Waals surface area (Å²) in [6.07, 6.45) is 3.06. The van der Waals surface area contributed by atoms with Gasteiger partial charge < -0.3 is 15.0 Å². The smallest absolute Gasteiger partial charge is 0.332 e. The van der Waals surface area contributed by atoms with Crippen LogP contribution in [-0.4, -0.2) is 40.4 Å². The summed E-state index contributed by atoms with van der Waals surface area (Å²) < 4.78 is 5.41. The Kier molecular flexibility index (Phi) is 7.08. The van der Waals surface area contributed by atoms with Gasteiger partial charge in [-0.3, -0.25) is 14.6 Å². The number of carbonyl (C=O) groups is 3. The van der Waals surface area contributed by atoms with E-state index < -0.39 is 18.0 Å². The fourth-order valence-electron chi connectivity index (χ4n) is 3.72. The number of nitrogens with zero attached hydrogens (tertiary/aromatic N) is 3. The highest BCUT2D eigenvalue weighted by Gasteiger charge is 2.46. The third-order valence-corrected chi connectivity index (χ3v) is 5.56. The van der Waals surface area contributed by atoms with Crippen LogP contribution in [0.1, 0.15) is 18.9 Å². The molecule has 8 nitrogen and oxygen atoms in total. The molecule has 2 heterocycles. The summed E-state index contributed by atoms with van der Waals surface area (Å²) in [7, 11) is 0. The number of hydrogen-bond acceptors (Lipinski definition) is 5. The molecule has 1 atom stereocenters. The van der Waals surface area contributed by atoms with E-state index in [2.05, 4.69) is 10.3 Å². The van der Waals surface area contributed by atoms with Crippen LogP contribution in [0, 0.1) is 0 Å². The minimum absolute atomic E-state index is 0.142. The first kappa shape index (κ1) is 23.3. The summed E-state index contributed by atoms with van der Waals surface area (Å²) in [4.78, 5) is 46.0. The number of carbonyl (C=O) groups excluding carboxylic acids is 3. The molecule has 0 unspecified atom stereocenters. The topological polar surface area (TPSA) is 91.8 Å². The van der Waals surface area contributed by atoms with Crippen LogP contribution >= 0.6 is 11.6 Å². The largest absolute Gasteiger partial charge is 0.494 e. The first-order valence-electron chi connectivity index (χ1n) is 10.8. The van der Waals surface area contributed by atoms with Gasteiger partial charge in [0.05, 0.1) is 18.7 Å². The molecule has 1 aromatic heterocycles. The van der Waals surface area contributed by atoms with Crippen molar-refractivity contribution in [3.8, 4) is 5.75 Å². The molecule has 2 aromatic carbocycles. The number of amides is 4. The average Bonchev–Trinajstić information content (AvgIpc) is 3.06. The predicted octanol–water partition coefficient (Wildman–Crippen LogP) is 4.50. The van der Waals surface area contributed by atoms with Crippen LogP contribution in [0.15, 0.2) is 73.1 Å². The summed E-state index contributed by atoms with van der Waals surface area (Å²) in [6.45, 7) is 2.57. The Morgan fingerprint density at radius 3 is 2.47 bits per heavy atom. The molecule has 0 saturated carbocycles. The Morgan fingerprint density at radius 2 is 1.82 bits per heavy atom. The van der Waals surface area contributed by atoms with Crippen molar-refractivity contribution in [3.63, 3.8) is 0 Å². The number of nitrogens with one attached hydrogen (secondary N) is 1. The van der Waals surface area contributed by atoms with Crippen molar-refractivity contribution in [3.05, 3.63) is 83.6 Å². The lowest BCUT2D eigenvalue weighted by Crippen LogP contribution is -2.37. The van der Waals surface area contributed by atoms with Gasteiger partial charge in [0.25, 0.3) is 5.91 Å². The second kappa shape index (κ2) is 10.4. The molecule has 0 spiro atoms. The van der Waals surface area contributed by atoms with Gasteiger partial charge in [-0.05, 0) is 67.1 Å². The molecule has 34 heavy (non-hydrogen) atoms. The molecule has 1 saturated heterocycles. The molecule has 4 amide bonds. The number of hydrogen-bond donors (Lipinski definition) is 1. The number of pyridine rings is 1. The minimum Gasteiger partial charge on any atom is -0.494 e. The quantitative estimate of drug-likeness (QED) is 0.481. The van der Waals surface area contributed by atoms with Crippen molar-refractivity contribution >= 4 is 40.8 Å². The summed E-state index contributed by atoms with van der Waals surface area (Å²) >= 11 is 5.96. The van der Waals surface area contributed by atoms with E-state index >= 15 is 0 Å². The summed E-state index contributed by atoms with van der Waals surface area (Å²) in [5.74, 6) is -0.166. The number of imide groups is 1. The minimum atomic E-state index is -0.967. The molecule has 3 aromatic rings. The first-order chi connectivity index (χ1) is 16.5. The zero-order chi connectivity index (χ0) is 24.1. The molecule has 1 N–H and O–H groups in total. The van der Waals surface area contributed by atoms with Crippen LogP contribution in [-0.2, 0) is 16.1 Å². The first-order valence-corrected chi connectivity index (χ1v) is 11.2. The SMILES string of the molecule is CCOc1ccc(NC(=O)C[C@@H]2C(=O)N(c3ccc(Cl)cc3)C(=O)N2Cc2cccnc2)cc1. The predicted molar refractivity (Wildman–Crippen MR) is 129 cm³/mol. The van der Waals surface area contributed by atoms with E-state index in [1.165, 1.54) is 4.90 Å². The van der Waals surface area contributed by atoms with Crippen molar-refractivity contribution < 1.29 is 19.1 Å². The monoisotopic (exact) mass is 478 g/mol. The molecular formula is C25H23ClN4O4. The fraction of sp³-hybridized carbons (Fsp3) is 0.200. The third kappa shape index (κ3) is 5.18. The summed E-state index contributed by atoms with van der Waals surface area (Å²) in [6, 6.07) is 15.4. The normalized spacial score (nSPS) is 15.5. The van der Waals surface area contributed by atoms with Gasteiger partial charge in [-0.1, -0.05) is 17.7 Å². The Balaban J connectivity index is 1.55. The number of anilines is 2. The van der Waals surface area contributed by atoms with E-state index in [1.54, 1.807) is 67.0 Å². The van der Waals surface area contributed by atoms with Gasteiger partial charge in [0.15, 0.2) is 0 Å². The maximum Gasteiger partial charge on any atom is 0.332 e. The van der Waals surface area contributed by atoms with Gasteiger partial charge in [-0.25, -0.2) is 9.69 Å². The Bertz CT molecular complexity index is 1170. The highest BCUT2D eigenvalue weighted by atomic mass is 35.5. The second-order valence-corrected chi connectivity index (χ2v) is 8.08. The van der Waals surface area contributed by atoms with Crippen molar-refractivity contribution in [1.82, 2.24) is 9.88 Å². The molecule has 9 heteroatoms. The molecule has 4 rings (SSSR count). The standard InChI is InChI=1S/C25H23ClN4O4/c1-2-34-21-11-7-19(8-12-21)28-23(31)14-22-24(32)30(20-9-5-18(26)6-10-20)25(33)29(22)16-17-4-3-13-27-15-17/h3-13,15,22H,2,14,16H2,1H3,(H,28,31)/t22-/m1/s1. The van der Waals surface area contributed by atoms with E-state index in [1.807, 2.05) is 13.0 Å². The second-order valence-electron chi connectivity index (χ2n) is 7.65. The number of aromatic nitrogens is 1. The Morgan fingerprint density at radius 1 is 1.09 bits per heavy atom. The third-order valence-electron chi connectivity index (χ3n) is 5.31. The van der Waals surface area contributed by atoms with Gasteiger partial charge >= 0.3 is 6.03 Å². The Hall–Kier alpha value is -3.91. The van der Waals surface area contributed by atoms with Gasteiger partial charge in [0.1, 0.15) is 11.8 Å². The molecule has 0 bridgehead atoms. The zero-order valence-electron chi connectivity index (χ0n) is 18.5.